The van der Waals surface area contributed by atoms with E-state index in [1.165, 1.54) is 7.11 Å². The Morgan fingerprint density at radius 3 is 2.58 bits per heavy atom. The van der Waals surface area contributed by atoms with E-state index in [-0.39, 0.29) is 17.9 Å². The molecule has 6 heteroatoms. The molecule has 0 spiro atoms. The molecule has 0 bridgehead atoms. The predicted octanol–water partition coefficient (Wildman–Crippen LogP) is 2.81. The lowest BCUT2D eigenvalue weighted by Gasteiger charge is -2.33. The monoisotopic (exact) mass is 354 g/mol. The van der Waals surface area contributed by atoms with Crippen molar-refractivity contribution in [2.24, 2.45) is 0 Å². The van der Waals surface area contributed by atoms with Gasteiger partial charge >= 0.3 is 0 Å². The SMILES string of the molecule is COc1ccccc1C(=O)Nc1ccc(C(=O)N2CCOCC2C)cc1. The average molecular weight is 354 g/mol. The first-order valence-corrected chi connectivity index (χ1v) is 8.53. The number of carbonyl (C=O) groups excluding carboxylic acids is 2. The lowest BCUT2D eigenvalue weighted by Crippen LogP contribution is -2.47. The van der Waals surface area contributed by atoms with Crippen molar-refractivity contribution in [1.82, 2.24) is 4.90 Å². The Kier molecular flexibility index (Phi) is 5.53. The fraction of sp³-hybridized carbons (Fsp3) is 0.300. The van der Waals surface area contributed by atoms with Crippen LogP contribution in [0, 0.1) is 0 Å². The summed E-state index contributed by atoms with van der Waals surface area (Å²) in [5.74, 6) is 0.227. The number of ether oxygens (including phenoxy) is 2. The first kappa shape index (κ1) is 17.9. The second-order valence-electron chi connectivity index (χ2n) is 6.15. The van der Waals surface area contributed by atoms with Crippen LogP contribution < -0.4 is 10.1 Å². The molecule has 0 aromatic heterocycles. The smallest absolute Gasteiger partial charge is 0.259 e. The van der Waals surface area contributed by atoms with Crippen molar-refractivity contribution in [1.29, 1.82) is 0 Å². The van der Waals surface area contributed by atoms with Crippen LogP contribution in [-0.4, -0.2) is 49.6 Å². The summed E-state index contributed by atoms with van der Waals surface area (Å²) in [4.78, 5) is 26.8. The van der Waals surface area contributed by atoms with Gasteiger partial charge in [-0.25, -0.2) is 0 Å². The van der Waals surface area contributed by atoms with Gasteiger partial charge in [-0.2, -0.15) is 0 Å². The number of nitrogens with zero attached hydrogens (tertiary/aromatic N) is 1. The van der Waals surface area contributed by atoms with Crippen LogP contribution in [0.5, 0.6) is 5.75 Å². The van der Waals surface area contributed by atoms with Crippen molar-refractivity contribution in [3.05, 3.63) is 59.7 Å². The molecule has 3 rings (SSSR count). The second kappa shape index (κ2) is 8.01. The van der Waals surface area contributed by atoms with Gasteiger partial charge in [0.25, 0.3) is 11.8 Å². The number of methoxy groups -OCH3 is 1. The quantitative estimate of drug-likeness (QED) is 0.917. The van der Waals surface area contributed by atoms with Gasteiger partial charge in [-0.1, -0.05) is 12.1 Å². The molecular weight excluding hydrogens is 332 g/mol. The minimum absolute atomic E-state index is 0.0246. The lowest BCUT2D eigenvalue weighted by molar-refractivity contribution is 0.00359. The summed E-state index contributed by atoms with van der Waals surface area (Å²) in [6.45, 7) is 3.67. The van der Waals surface area contributed by atoms with E-state index in [2.05, 4.69) is 5.32 Å². The van der Waals surface area contributed by atoms with Crippen LogP contribution in [0.3, 0.4) is 0 Å². The van der Waals surface area contributed by atoms with E-state index in [9.17, 15) is 9.59 Å². The maximum absolute atomic E-state index is 12.6. The van der Waals surface area contributed by atoms with Crippen LogP contribution in [0.15, 0.2) is 48.5 Å². The Morgan fingerprint density at radius 1 is 1.15 bits per heavy atom. The van der Waals surface area contributed by atoms with Gasteiger partial charge < -0.3 is 19.7 Å². The van der Waals surface area contributed by atoms with Crippen molar-refractivity contribution in [2.75, 3.05) is 32.2 Å². The lowest BCUT2D eigenvalue weighted by atomic mass is 10.1. The Morgan fingerprint density at radius 2 is 1.88 bits per heavy atom. The highest BCUT2D eigenvalue weighted by Crippen LogP contribution is 2.20. The number of carbonyl (C=O) groups is 2. The summed E-state index contributed by atoms with van der Waals surface area (Å²) in [7, 11) is 1.53. The summed E-state index contributed by atoms with van der Waals surface area (Å²) in [5, 5.41) is 2.82. The van der Waals surface area contributed by atoms with E-state index in [1.807, 2.05) is 17.9 Å². The third kappa shape index (κ3) is 3.86. The van der Waals surface area contributed by atoms with Gasteiger partial charge in [-0.05, 0) is 43.3 Å². The molecule has 1 fully saturated rings. The Balaban J connectivity index is 1.69. The summed E-state index contributed by atoms with van der Waals surface area (Å²) in [6.07, 6.45) is 0. The van der Waals surface area contributed by atoms with Crippen LogP contribution in [0.4, 0.5) is 5.69 Å². The standard InChI is InChI=1S/C20H22N2O4/c1-14-13-26-12-11-22(14)20(24)15-7-9-16(10-8-15)21-19(23)17-5-3-4-6-18(17)25-2/h3-10,14H,11-13H2,1-2H3,(H,21,23). The Labute approximate surface area is 152 Å². The number of benzene rings is 2. The van der Waals surface area contributed by atoms with Crippen LogP contribution in [-0.2, 0) is 4.74 Å². The summed E-state index contributed by atoms with van der Waals surface area (Å²) in [5.41, 5.74) is 1.67. The normalized spacial score (nSPS) is 16.8. The maximum Gasteiger partial charge on any atom is 0.259 e. The number of hydrogen-bond acceptors (Lipinski definition) is 4. The zero-order valence-electron chi connectivity index (χ0n) is 14.9. The van der Waals surface area contributed by atoms with Crippen LogP contribution in [0.1, 0.15) is 27.6 Å². The number of hydrogen-bond donors (Lipinski definition) is 1. The molecule has 1 atom stereocenters. The second-order valence-corrected chi connectivity index (χ2v) is 6.15. The average Bonchev–Trinajstić information content (AvgIpc) is 2.68. The summed E-state index contributed by atoms with van der Waals surface area (Å²) in [6, 6.07) is 14.0. The number of amides is 2. The molecule has 2 aromatic rings. The van der Waals surface area contributed by atoms with Gasteiger partial charge in [0.15, 0.2) is 0 Å². The highest BCUT2D eigenvalue weighted by molar-refractivity contribution is 6.06. The van der Waals surface area contributed by atoms with Gasteiger partial charge in [-0.3, -0.25) is 9.59 Å². The minimum Gasteiger partial charge on any atom is -0.496 e. The van der Waals surface area contributed by atoms with E-state index >= 15 is 0 Å². The predicted molar refractivity (Wildman–Crippen MR) is 98.7 cm³/mol. The molecule has 0 aliphatic carbocycles. The summed E-state index contributed by atoms with van der Waals surface area (Å²) < 4.78 is 10.6. The van der Waals surface area contributed by atoms with Crippen molar-refractivity contribution in [3.8, 4) is 5.75 Å². The van der Waals surface area contributed by atoms with Gasteiger partial charge in [0, 0.05) is 17.8 Å². The Hall–Kier alpha value is -2.86. The first-order valence-electron chi connectivity index (χ1n) is 8.53. The third-order valence-corrected chi connectivity index (χ3v) is 4.37. The molecule has 1 unspecified atom stereocenters. The molecule has 26 heavy (non-hydrogen) atoms. The van der Waals surface area contributed by atoms with E-state index in [0.29, 0.717) is 42.3 Å². The molecule has 2 amide bonds. The fourth-order valence-corrected chi connectivity index (χ4v) is 2.92. The molecule has 1 aliphatic heterocycles. The number of anilines is 1. The van der Waals surface area contributed by atoms with E-state index in [1.54, 1.807) is 42.5 Å². The molecule has 0 radical (unpaired) electrons. The molecule has 136 valence electrons. The maximum atomic E-state index is 12.6. The van der Waals surface area contributed by atoms with Crippen LogP contribution in [0.25, 0.3) is 0 Å². The van der Waals surface area contributed by atoms with Gasteiger partial charge in [0.05, 0.1) is 31.9 Å². The molecule has 0 saturated carbocycles. The highest BCUT2D eigenvalue weighted by atomic mass is 16.5. The number of para-hydroxylation sites is 1. The molecule has 1 N–H and O–H groups in total. The van der Waals surface area contributed by atoms with Gasteiger partial charge in [0.1, 0.15) is 5.75 Å². The molecule has 1 saturated heterocycles. The zero-order chi connectivity index (χ0) is 18.5. The van der Waals surface area contributed by atoms with Crippen LogP contribution in [0.2, 0.25) is 0 Å². The van der Waals surface area contributed by atoms with E-state index in [0.717, 1.165) is 0 Å². The Bertz CT molecular complexity index is 789. The number of rotatable bonds is 4. The molecule has 1 aliphatic rings. The zero-order valence-corrected chi connectivity index (χ0v) is 14.9. The molecular formula is C20H22N2O4. The van der Waals surface area contributed by atoms with E-state index < -0.39 is 0 Å². The van der Waals surface area contributed by atoms with Crippen molar-refractivity contribution < 1.29 is 19.1 Å². The molecule has 6 nitrogen and oxygen atoms in total. The number of nitrogens with one attached hydrogen (secondary N) is 1. The third-order valence-electron chi connectivity index (χ3n) is 4.37. The van der Waals surface area contributed by atoms with E-state index in [4.69, 9.17) is 9.47 Å². The molecule has 2 aromatic carbocycles. The van der Waals surface area contributed by atoms with Crippen molar-refractivity contribution in [3.63, 3.8) is 0 Å². The van der Waals surface area contributed by atoms with Crippen molar-refractivity contribution >= 4 is 17.5 Å². The minimum atomic E-state index is -0.261. The summed E-state index contributed by atoms with van der Waals surface area (Å²) >= 11 is 0. The number of morpholine rings is 1. The highest BCUT2D eigenvalue weighted by Gasteiger charge is 2.24. The van der Waals surface area contributed by atoms with Crippen LogP contribution >= 0.6 is 0 Å². The fourth-order valence-electron chi connectivity index (χ4n) is 2.92. The molecule has 1 heterocycles. The van der Waals surface area contributed by atoms with Gasteiger partial charge in [0.2, 0.25) is 0 Å². The largest absolute Gasteiger partial charge is 0.496 e. The van der Waals surface area contributed by atoms with Crippen molar-refractivity contribution in [2.45, 2.75) is 13.0 Å². The van der Waals surface area contributed by atoms with Gasteiger partial charge in [-0.15, -0.1) is 0 Å². The first-order chi connectivity index (χ1) is 12.6. The topological polar surface area (TPSA) is 67.9 Å².